The number of rotatable bonds is 6. The van der Waals surface area contributed by atoms with Crippen LogP contribution in [0, 0.1) is 0 Å². The first-order valence-electron chi connectivity index (χ1n) is 8.58. The molecule has 0 saturated carbocycles. The van der Waals surface area contributed by atoms with Gasteiger partial charge in [0.25, 0.3) is 11.8 Å². The molecule has 0 radical (unpaired) electrons. The summed E-state index contributed by atoms with van der Waals surface area (Å²) in [6, 6.07) is 9.39. The molecule has 2 N–H and O–H groups in total. The van der Waals surface area contributed by atoms with Crippen LogP contribution >= 0.6 is 39.3 Å². The number of carbonyl (C=O) groups is 3. The van der Waals surface area contributed by atoms with Crippen LogP contribution in [0.1, 0.15) is 15.9 Å². The standard InChI is InChI=1S/C20H14BrClN2O6S/c1-29-14-6-11(13(21)8-15(14)30-9-17(25)26)7-16-19(28)24-20(31-16)23-18(27)10-2-4-12(22)5-3-10/h2-8H,9H2,1H3,(H,25,26)(H,23,24,27,28)/b16-7-. The van der Waals surface area contributed by atoms with Crippen molar-refractivity contribution in [3.05, 3.63) is 61.9 Å². The van der Waals surface area contributed by atoms with Gasteiger partial charge in [-0.25, -0.2) is 4.79 Å². The third-order valence-corrected chi connectivity index (χ3v) is 5.71. The molecule has 0 aromatic heterocycles. The normalized spacial score (nSPS) is 15.8. The number of amides is 2. The summed E-state index contributed by atoms with van der Waals surface area (Å²) in [5, 5.41) is 12.0. The summed E-state index contributed by atoms with van der Waals surface area (Å²) in [4.78, 5) is 39.6. The third kappa shape index (κ3) is 5.87. The molecule has 1 aliphatic rings. The van der Waals surface area contributed by atoms with Crippen LogP contribution in [0.25, 0.3) is 6.08 Å². The van der Waals surface area contributed by atoms with Crippen LogP contribution in [0.4, 0.5) is 0 Å². The zero-order valence-electron chi connectivity index (χ0n) is 15.8. The molecule has 8 nitrogen and oxygen atoms in total. The lowest BCUT2D eigenvalue weighted by Gasteiger charge is -2.11. The minimum absolute atomic E-state index is 0.153. The number of methoxy groups -OCH3 is 1. The van der Waals surface area contributed by atoms with Crippen LogP contribution in [0.5, 0.6) is 11.5 Å². The maximum absolute atomic E-state index is 12.3. The molecule has 1 aliphatic heterocycles. The van der Waals surface area contributed by atoms with Crippen molar-refractivity contribution >= 4 is 68.3 Å². The van der Waals surface area contributed by atoms with E-state index in [0.717, 1.165) is 11.8 Å². The molecule has 2 amide bonds. The van der Waals surface area contributed by atoms with Crippen LogP contribution in [0.2, 0.25) is 5.02 Å². The maximum Gasteiger partial charge on any atom is 0.341 e. The number of hydrogen-bond acceptors (Lipinski definition) is 6. The lowest BCUT2D eigenvalue weighted by molar-refractivity contribution is -0.139. The van der Waals surface area contributed by atoms with E-state index in [4.69, 9.17) is 26.2 Å². The summed E-state index contributed by atoms with van der Waals surface area (Å²) >= 11 is 10.2. The lowest BCUT2D eigenvalue weighted by atomic mass is 10.2. The third-order valence-electron chi connectivity index (χ3n) is 3.87. The Morgan fingerprint density at radius 2 is 1.97 bits per heavy atom. The van der Waals surface area contributed by atoms with Crippen LogP contribution in [0.3, 0.4) is 0 Å². The van der Waals surface area contributed by atoms with Crippen molar-refractivity contribution in [1.29, 1.82) is 0 Å². The summed E-state index contributed by atoms with van der Waals surface area (Å²) in [7, 11) is 1.41. The summed E-state index contributed by atoms with van der Waals surface area (Å²) in [6.07, 6.45) is 1.59. The van der Waals surface area contributed by atoms with Gasteiger partial charge in [-0.1, -0.05) is 27.5 Å². The van der Waals surface area contributed by atoms with Gasteiger partial charge in [0, 0.05) is 15.1 Å². The summed E-state index contributed by atoms with van der Waals surface area (Å²) < 4.78 is 11.0. The van der Waals surface area contributed by atoms with Gasteiger partial charge in [0.2, 0.25) is 0 Å². The van der Waals surface area contributed by atoms with Gasteiger partial charge in [-0.05, 0) is 59.8 Å². The highest BCUT2D eigenvalue weighted by molar-refractivity contribution is 9.10. The average Bonchev–Trinajstić information content (AvgIpc) is 3.06. The fourth-order valence-electron chi connectivity index (χ4n) is 2.44. The number of hydrogen-bond donors (Lipinski definition) is 2. The van der Waals surface area contributed by atoms with E-state index in [2.05, 4.69) is 26.2 Å². The second-order valence-electron chi connectivity index (χ2n) is 6.00. The second-order valence-corrected chi connectivity index (χ2v) is 8.32. The Morgan fingerprint density at radius 1 is 1.26 bits per heavy atom. The van der Waals surface area contributed by atoms with E-state index in [1.165, 1.54) is 7.11 Å². The lowest BCUT2D eigenvalue weighted by Crippen LogP contribution is -2.20. The first-order chi connectivity index (χ1) is 14.8. The predicted octanol–water partition coefficient (Wildman–Crippen LogP) is 3.97. The van der Waals surface area contributed by atoms with Gasteiger partial charge in [0.1, 0.15) is 0 Å². The fraction of sp³-hybridized carbons (Fsp3) is 0.100. The van der Waals surface area contributed by atoms with Crippen molar-refractivity contribution in [2.75, 3.05) is 13.7 Å². The molecule has 0 atom stereocenters. The van der Waals surface area contributed by atoms with Gasteiger partial charge in [-0.3, -0.25) is 9.59 Å². The van der Waals surface area contributed by atoms with Crippen LogP contribution in [0.15, 0.2) is 50.8 Å². The van der Waals surface area contributed by atoms with Gasteiger partial charge in [0.05, 0.1) is 12.0 Å². The van der Waals surface area contributed by atoms with Gasteiger partial charge >= 0.3 is 5.97 Å². The molecular weight excluding hydrogens is 512 g/mol. The van der Waals surface area contributed by atoms with Crippen molar-refractivity contribution in [3.63, 3.8) is 0 Å². The van der Waals surface area contributed by atoms with Crippen LogP contribution < -0.4 is 14.8 Å². The molecule has 0 unspecified atom stereocenters. The van der Waals surface area contributed by atoms with Crippen molar-refractivity contribution in [1.82, 2.24) is 5.32 Å². The molecule has 0 aliphatic carbocycles. The molecule has 0 spiro atoms. The second kappa shape index (κ2) is 9.99. The van der Waals surface area contributed by atoms with Gasteiger partial charge in [-0.2, -0.15) is 4.99 Å². The maximum atomic E-state index is 12.3. The molecule has 160 valence electrons. The van der Waals surface area contributed by atoms with E-state index in [-0.39, 0.29) is 10.9 Å². The number of nitrogens with one attached hydrogen (secondary N) is 1. The minimum Gasteiger partial charge on any atom is -0.493 e. The number of thioether (sulfide) groups is 1. The minimum atomic E-state index is -1.12. The van der Waals surface area contributed by atoms with E-state index >= 15 is 0 Å². The Balaban J connectivity index is 1.82. The Morgan fingerprint density at radius 3 is 2.61 bits per heavy atom. The van der Waals surface area contributed by atoms with E-state index in [1.54, 1.807) is 42.5 Å². The number of carboxylic acids is 1. The van der Waals surface area contributed by atoms with E-state index in [9.17, 15) is 14.4 Å². The largest absolute Gasteiger partial charge is 0.493 e. The topological polar surface area (TPSA) is 114 Å². The number of aliphatic carboxylic acids is 1. The predicted molar refractivity (Wildman–Crippen MR) is 121 cm³/mol. The molecule has 31 heavy (non-hydrogen) atoms. The highest BCUT2D eigenvalue weighted by Gasteiger charge is 2.25. The average molecular weight is 526 g/mol. The molecular formula is C20H14BrClN2O6S. The molecule has 2 aromatic carbocycles. The molecule has 11 heteroatoms. The molecule has 2 aromatic rings. The monoisotopic (exact) mass is 524 g/mol. The van der Waals surface area contributed by atoms with Gasteiger partial charge < -0.3 is 19.9 Å². The van der Waals surface area contributed by atoms with Crippen molar-refractivity contribution in [2.45, 2.75) is 0 Å². The van der Waals surface area contributed by atoms with E-state index < -0.39 is 24.4 Å². The number of benzene rings is 2. The molecule has 1 saturated heterocycles. The highest BCUT2D eigenvalue weighted by Crippen LogP contribution is 2.36. The zero-order chi connectivity index (χ0) is 22.5. The van der Waals surface area contributed by atoms with Crippen molar-refractivity contribution in [2.24, 2.45) is 4.99 Å². The first-order valence-corrected chi connectivity index (χ1v) is 10.6. The summed E-state index contributed by atoms with van der Waals surface area (Å²) in [5.74, 6) is -1.51. The highest BCUT2D eigenvalue weighted by atomic mass is 79.9. The smallest absolute Gasteiger partial charge is 0.341 e. The summed E-state index contributed by atoms with van der Waals surface area (Å²) in [5.41, 5.74) is 0.927. The number of nitrogens with zero attached hydrogens (tertiary/aromatic N) is 1. The Kier molecular flexibility index (Phi) is 7.37. The van der Waals surface area contributed by atoms with Gasteiger partial charge in [0.15, 0.2) is 23.3 Å². The SMILES string of the molecule is COc1cc(/C=C2\SC(=NC(=O)c3ccc(Cl)cc3)NC2=O)c(Br)cc1OCC(=O)O. The number of aliphatic imine (C=N–C) groups is 1. The molecule has 1 heterocycles. The molecule has 0 bridgehead atoms. The van der Waals surface area contributed by atoms with E-state index in [1.807, 2.05) is 0 Å². The zero-order valence-corrected chi connectivity index (χ0v) is 19.0. The quantitative estimate of drug-likeness (QED) is 0.548. The van der Waals surface area contributed by atoms with Crippen molar-refractivity contribution < 1.29 is 29.0 Å². The number of carbonyl (C=O) groups excluding carboxylic acids is 2. The number of ether oxygens (including phenoxy) is 2. The van der Waals surface area contributed by atoms with E-state index in [0.29, 0.717) is 31.3 Å². The first kappa shape index (κ1) is 22.9. The van der Waals surface area contributed by atoms with Crippen molar-refractivity contribution in [3.8, 4) is 11.5 Å². The number of halogens is 2. The number of carboxylic acid groups (broad SMARTS) is 1. The molecule has 3 rings (SSSR count). The Bertz CT molecular complexity index is 1120. The molecule has 1 fully saturated rings. The van der Waals surface area contributed by atoms with Crippen LogP contribution in [-0.2, 0) is 9.59 Å². The Labute approximate surface area is 194 Å². The van der Waals surface area contributed by atoms with Crippen LogP contribution in [-0.4, -0.2) is 41.8 Å². The summed E-state index contributed by atoms with van der Waals surface area (Å²) in [6.45, 7) is -0.525. The number of amidine groups is 1. The Hall–Kier alpha value is -2.82. The fourth-order valence-corrected chi connectivity index (χ4v) is 3.82. The van der Waals surface area contributed by atoms with Gasteiger partial charge in [-0.15, -0.1) is 0 Å².